The highest BCUT2D eigenvalue weighted by molar-refractivity contribution is 6.06. The summed E-state index contributed by atoms with van der Waals surface area (Å²) in [6.45, 7) is 3.76. The first-order chi connectivity index (χ1) is 14.4. The smallest absolute Gasteiger partial charge is 0.253 e. The van der Waals surface area contributed by atoms with Crippen LogP contribution in [0.2, 0.25) is 0 Å². The van der Waals surface area contributed by atoms with Crippen LogP contribution < -0.4 is 10.1 Å². The number of fused-ring (bicyclic) bond motifs is 1. The number of aryl methyl sites for hydroxylation is 4. The van der Waals surface area contributed by atoms with Crippen LogP contribution in [0, 0.1) is 13.8 Å². The lowest BCUT2D eigenvalue weighted by atomic mass is 10.0. The fourth-order valence-electron chi connectivity index (χ4n) is 3.71. The highest BCUT2D eigenvalue weighted by atomic mass is 16.5. The van der Waals surface area contributed by atoms with E-state index in [1.807, 2.05) is 63.0 Å². The number of hydrogen-bond donors (Lipinski definition) is 1. The van der Waals surface area contributed by atoms with Gasteiger partial charge in [-0.15, -0.1) is 0 Å². The molecule has 8 nitrogen and oxygen atoms in total. The SMILES string of the molecule is COc1ccc(C(NC(=O)c2cc(C)nc3c2c(C)nn3C)c2nccn2C)cc1. The summed E-state index contributed by atoms with van der Waals surface area (Å²) in [4.78, 5) is 22.5. The number of methoxy groups -OCH3 is 1. The zero-order valence-electron chi connectivity index (χ0n) is 17.7. The number of pyridine rings is 1. The Kier molecular flexibility index (Phi) is 4.99. The van der Waals surface area contributed by atoms with Crippen LogP contribution in [0.15, 0.2) is 42.7 Å². The third kappa shape index (κ3) is 3.41. The first-order valence-corrected chi connectivity index (χ1v) is 9.62. The summed E-state index contributed by atoms with van der Waals surface area (Å²) < 4.78 is 8.87. The van der Waals surface area contributed by atoms with E-state index in [1.165, 1.54) is 0 Å². The molecule has 0 fully saturated rings. The quantitative estimate of drug-likeness (QED) is 0.553. The van der Waals surface area contributed by atoms with Crippen molar-refractivity contribution in [2.24, 2.45) is 14.1 Å². The lowest BCUT2D eigenvalue weighted by Gasteiger charge is -2.20. The normalized spacial score (nSPS) is 12.2. The van der Waals surface area contributed by atoms with Gasteiger partial charge in [0.25, 0.3) is 5.91 Å². The molecule has 1 unspecified atom stereocenters. The number of benzene rings is 1. The van der Waals surface area contributed by atoms with E-state index in [2.05, 4.69) is 20.4 Å². The Morgan fingerprint density at radius 2 is 1.90 bits per heavy atom. The molecule has 8 heteroatoms. The number of carbonyl (C=O) groups is 1. The van der Waals surface area contributed by atoms with E-state index in [0.29, 0.717) is 11.2 Å². The number of carbonyl (C=O) groups excluding carboxylic acids is 1. The van der Waals surface area contributed by atoms with Crippen LogP contribution in [0.1, 0.15) is 39.2 Å². The maximum atomic E-state index is 13.4. The maximum absolute atomic E-state index is 13.4. The van der Waals surface area contributed by atoms with Crippen LogP contribution in [0.5, 0.6) is 5.75 Å². The van der Waals surface area contributed by atoms with Crippen molar-refractivity contribution in [1.29, 1.82) is 0 Å². The zero-order valence-corrected chi connectivity index (χ0v) is 17.7. The average Bonchev–Trinajstić information content (AvgIpc) is 3.28. The Bertz CT molecular complexity index is 1220. The van der Waals surface area contributed by atoms with E-state index in [1.54, 1.807) is 24.1 Å². The van der Waals surface area contributed by atoms with Gasteiger partial charge in [0.05, 0.1) is 23.8 Å². The van der Waals surface area contributed by atoms with Crippen molar-refractivity contribution >= 4 is 16.9 Å². The van der Waals surface area contributed by atoms with Crippen LogP contribution in [0.3, 0.4) is 0 Å². The summed E-state index contributed by atoms with van der Waals surface area (Å²) in [5.74, 6) is 1.28. The summed E-state index contributed by atoms with van der Waals surface area (Å²) in [5, 5.41) is 8.36. The molecule has 1 amide bonds. The minimum Gasteiger partial charge on any atom is -0.497 e. The molecule has 0 saturated carbocycles. The molecule has 0 spiro atoms. The molecule has 3 heterocycles. The third-order valence-electron chi connectivity index (χ3n) is 5.18. The van der Waals surface area contributed by atoms with Gasteiger partial charge in [-0.1, -0.05) is 12.1 Å². The van der Waals surface area contributed by atoms with Gasteiger partial charge in [0.2, 0.25) is 0 Å². The Labute approximate surface area is 174 Å². The van der Waals surface area contributed by atoms with Crippen molar-refractivity contribution in [1.82, 2.24) is 29.6 Å². The number of aromatic nitrogens is 5. The molecular weight excluding hydrogens is 380 g/mol. The van der Waals surface area contributed by atoms with Gasteiger partial charge < -0.3 is 14.6 Å². The van der Waals surface area contributed by atoms with E-state index in [0.717, 1.165) is 33.9 Å². The van der Waals surface area contributed by atoms with E-state index in [-0.39, 0.29) is 5.91 Å². The van der Waals surface area contributed by atoms with Crippen molar-refractivity contribution in [3.05, 3.63) is 71.1 Å². The molecule has 1 N–H and O–H groups in total. The summed E-state index contributed by atoms with van der Waals surface area (Å²) in [6.07, 6.45) is 3.58. The minimum atomic E-state index is -0.427. The molecule has 0 saturated heterocycles. The molecule has 0 bridgehead atoms. The highest BCUT2D eigenvalue weighted by Crippen LogP contribution is 2.26. The van der Waals surface area contributed by atoms with Crippen molar-refractivity contribution in [3.63, 3.8) is 0 Å². The summed E-state index contributed by atoms with van der Waals surface area (Å²) in [5.41, 5.74) is 3.67. The van der Waals surface area contributed by atoms with Gasteiger partial charge in [-0.05, 0) is 37.6 Å². The minimum absolute atomic E-state index is 0.203. The number of amides is 1. The second kappa shape index (κ2) is 7.62. The number of ether oxygens (including phenoxy) is 1. The van der Waals surface area contributed by atoms with Crippen molar-refractivity contribution < 1.29 is 9.53 Å². The molecule has 4 rings (SSSR count). The molecule has 154 valence electrons. The number of hydrogen-bond acceptors (Lipinski definition) is 5. The van der Waals surface area contributed by atoms with Gasteiger partial charge >= 0.3 is 0 Å². The third-order valence-corrected chi connectivity index (χ3v) is 5.18. The number of imidazole rings is 1. The molecule has 1 aromatic carbocycles. The maximum Gasteiger partial charge on any atom is 0.253 e. The van der Waals surface area contributed by atoms with Gasteiger partial charge in [0.1, 0.15) is 17.6 Å². The monoisotopic (exact) mass is 404 g/mol. The summed E-state index contributed by atoms with van der Waals surface area (Å²) in [7, 11) is 5.36. The standard InChI is InChI=1S/C22H24N6O2/c1-13-12-17(18-14(2)26-28(4)20(18)24-13)22(29)25-19(21-23-10-11-27(21)3)15-6-8-16(30-5)9-7-15/h6-12,19H,1-5H3,(H,25,29). The lowest BCUT2D eigenvalue weighted by Crippen LogP contribution is -2.31. The van der Waals surface area contributed by atoms with E-state index >= 15 is 0 Å². The van der Waals surface area contributed by atoms with Gasteiger partial charge in [0.15, 0.2) is 5.65 Å². The molecule has 0 aliphatic carbocycles. The topological polar surface area (TPSA) is 86.9 Å². The molecule has 3 aromatic heterocycles. The molecule has 0 radical (unpaired) electrons. The Balaban J connectivity index is 1.78. The van der Waals surface area contributed by atoms with Crippen LogP contribution in [-0.4, -0.2) is 37.3 Å². The Morgan fingerprint density at radius 3 is 2.53 bits per heavy atom. The van der Waals surface area contributed by atoms with Gasteiger partial charge in [-0.2, -0.15) is 5.10 Å². The zero-order chi connectivity index (χ0) is 21.4. The lowest BCUT2D eigenvalue weighted by molar-refractivity contribution is 0.0942. The molecule has 1 atom stereocenters. The fourth-order valence-corrected chi connectivity index (χ4v) is 3.71. The van der Waals surface area contributed by atoms with Gasteiger partial charge in [-0.3, -0.25) is 9.48 Å². The molecule has 4 aromatic rings. The number of nitrogens with one attached hydrogen (secondary N) is 1. The molecular formula is C22H24N6O2. The molecule has 0 aliphatic heterocycles. The van der Waals surface area contributed by atoms with Crippen molar-refractivity contribution in [2.75, 3.05) is 7.11 Å². The molecule has 0 aliphatic rings. The summed E-state index contributed by atoms with van der Waals surface area (Å²) in [6, 6.07) is 8.98. The van der Waals surface area contributed by atoms with Crippen molar-refractivity contribution in [2.45, 2.75) is 19.9 Å². The number of rotatable bonds is 5. The van der Waals surface area contributed by atoms with E-state index in [9.17, 15) is 4.79 Å². The predicted molar refractivity (Wildman–Crippen MR) is 113 cm³/mol. The predicted octanol–water partition coefficient (Wildman–Crippen LogP) is 2.85. The first-order valence-electron chi connectivity index (χ1n) is 9.62. The van der Waals surface area contributed by atoms with Gasteiger partial charge in [-0.25, -0.2) is 9.97 Å². The average molecular weight is 404 g/mol. The largest absolute Gasteiger partial charge is 0.497 e. The summed E-state index contributed by atoms with van der Waals surface area (Å²) >= 11 is 0. The van der Waals surface area contributed by atoms with Gasteiger partial charge in [0, 0.05) is 32.2 Å². The van der Waals surface area contributed by atoms with Crippen LogP contribution >= 0.6 is 0 Å². The number of nitrogens with zero attached hydrogens (tertiary/aromatic N) is 5. The van der Waals surface area contributed by atoms with Crippen LogP contribution in [0.25, 0.3) is 11.0 Å². The first kappa shape index (κ1) is 19.6. The fraction of sp³-hybridized carbons (Fsp3) is 0.273. The Morgan fingerprint density at radius 1 is 1.17 bits per heavy atom. The van der Waals surface area contributed by atoms with E-state index < -0.39 is 6.04 Å². The highest BCUT2D eigenvalue weighted by Gasteiger charge is 2.24. The van der Waals surface area contributed by atoms with Crippen molar-refractivity contribution in [3.8, 4) is 5.75 Å². The van der Waals surface area contributed by atoms with E-state index in [4.69, 9.17) is 4.74 Å². The second-order valence-corrected chi connectivity index (χ2v) is 7.29. The van der Waals surface area contributed by atoms with Crippen LogP contribution in [0.4, 0.5) is 0 Å². The Hall–Kier alpha value is -3.68. The van der Waals surface area contributed by atoms with Crippen LogP contribution in [-0.2, 0) is 14.1 Å². The molecule has 30 heavy (non-hydrogen) atoms. The second-order valence-electron chi connectivity index (χ2n) is 7.29.